The molecular weight excluding hydrogens is 398 g/mol. The van der Waals surface area contributed by atoms with Gasteiger partial charge >= 0.3 is 0 Å². The summed E-state index contributed by atoms with van der Waals surface area (Å²) in [5.74, 6) is 5.66. The average Bonchev–Trinajstić information content (AvgIpc) is 3.22. The van der Waals surface area contributed by atoms with Gasteiger partial charge in [0.15, 0.2) is 0 Å². The molecule has 5 fully saturated rings. The molecule has 1 aromatic rings. The third kappa shape index (κ3) is 3.05. The van der Waals surface area contributed by atoms with Gasteiger partial charge in [-0.3, -0.25) is 4.68 Å². The van der Waals surface area contributed by atoms with E-state index in [9.17, 15) is 10.2 Å². The molecule has 1 aromatic heterocycles. The Morgan fingerprint density at radius 1 is 1.12 bits per heavy atom. The van der Waals surface area contributed by atoms with Crippen molar-refractivity contribution < 1.29 is 10.2 Å². The number of rotatable bonds is 3. The monoisotopic (exact) mass is 437 g/mol. The molecule has 0 amide bonds. The lowest BCUT2D eigenvalue weighted by Crippen LogP contribution is -2.55. The summed E-state index contributed by atoms with van der Waals surface area (Å²) in [5.41, 5.74) is -0.496. The SMILES string of the molecule is CC(O)(Cn1cc(C#N)cn1)[C@H]1[C@H]2C[C@H]2[C@H]2[C@@H]3CC[C@@H]4C[C@](C)(O)CC[C@@H]4[C@H]3CC[C@@]21C. The summed E-state index contributed by atoms with van der Waals surface area (Å²) in [7, 11) is 0. The summed E-state index contributed by atoms with van der Waals surface area (Å²) < 4.78 is 1.78. The van der Waals surface area contributed by atoms with E-state index in [0.29, 0.717) is 29.9 Å². The van der Waals surface area contributed by atoms with E-state index in [1.807, 2.05) is 13.8 Å². The lowest BCUT2D eigenvalue weighted by molar-refractivity contribution is -0.139. The second-order valence-electron chi connectivity index (χ2n) is 13.1. The minimum Gasteiger partial charge on any atom is -0.390 e. The Balaban J connectivity index is 1.25. The molecule has 0 aliphatic heterocycles. The van der Waals surface area contributed by atoms with E-state index in [4.69, 9.17) is 5.26 Å². The lowest BCUT2D eigenvalue weighted by Gasteiger charge is -2.59. The van der Waals surface area contributed by atoms with Crippen LogP contribution in [-0.2, 0) is 6.54 Å². The molecular formula is C27H39N3O2. The van der Waals surface area contributed by atoms with Gasteiger partial charge in [0, 0.05) is 6.20 Å². The van der Waals surface area contributed by atoms with Gasteiger partial charge in [0.2, 0.25) is 0 Å². The van der Waals surface area contributed by atoms with E-state index in [-0.39, 0.29) is 5.41 Å². The Morgan fingerprint density at radius 3 is 2.66 bits per heavy atom. The van der Waals surface area contributed by atoms with Crippen molar-refractivity contribution in [3.63, 3.8) is 0 Å². The first kappa shape index (κ1) is 21.2. The molecule has 5 nitrogen and oxygen atoms in total. The minimum atomic E-state index is -0.810. The molecule has 0 saturated heterocycles. The molecule has 6 rings (SSSR count). The summed E-state index contributed by atoms with van der Waals surface area (Å²) >= 11 is 0. The second-order valence-corrected chi connectivity index (χ2v) is 13.1. The Labute approximate surface area is 192 Å². The summed E-state index contributed by atoms with van der Waals surface area (Å²) in [6.45, 7) is 7.05. The normalized spacial score (nSPS) is 50.9. The second kappa shape index (κ2) is 6.83. The minimum absolute atomic E-state index is 0.205. The van der Waals surface area contributed by atoms with E-state index < -0.39 is 11.2 Å². The Morgan fingerprint density at radius 2 is 1.91 bits per heavy atom. The van der Waals surface area contributed by atoms with E-state index >= 15 is 0 Å². The van der Waals surface area contributed by atoms with Crippen molar-refractivity contribution in [3.8, 4) is 6.07 Å². The molecule has 11 atom stereocenters. The Hall–Kier alpha value is -1.38. The topological polar surface area (TPSA) is 82.1 Å². The first-order valence-electron chi connectivity index (χ1n) is 13.0. The fourth-order valence-electron chi connectivity index (χ4n) is 10.2. The van der Waals surface area contributed by atoms with Gasteiger partial charge in [-0.05, 0) is 118 Å². The Kier molecular flexibility index (Phi) is 4.52. The number of nitriles is 1. The molecule has 32 heavy (non-hydrogen) atoms. The van der Waals surface area contributed by atoms with Crippen LogP contribution in [0.3, 0.4) is 0 Å². The van der Waals surface area contributed by atoms with Gasteiger partial charge in [0.05, 0.1) is 29.5 Å². The number of fused-ring (bicyclic) bond motifs is 7. The maximum atomic E-state index is 11.8. The van der Waals surface area contributed by atoms with Crippen LogP contribution in [0.4, 0.5) is 0 Å². The van der Waals surface area contributed by atoms with Crippen LogP contribution in [-0.4, -0.2) is 31.2 Å². The van der Waals surface area contributed by atoms with Crippen molar-refractivity contribution in [2.24, 2.45) is 52.8 Å². The number of hydrogen-bond acceptors (Lipinski definition) is 4. The number of hydrogen-bond donors (Lipinski definition) is 2. The van der Waals surface area contributed by atoms with Gasteiger partial charge in [-0.25, -0.2) is 0 Å². The molecule has 0 bridgehead atoms. The van der Waals surface area contributed by atoms with Crippen molar-refractivity contribution in [1.29, 1.82) is 5.26 Å². The van der Waals surface area contributed by atoms with Crippen molar-refractivity contribution in [1.82, 2.24) is 9.78 Å². The highest BCUT2D eigenvalue weighted by Crippen LogP contribution is 2.76. The zero-order valence-electron chi connectivity index (χ0n) is 19.9. The molecule has 5 saturated carbocycles. The molecule has 0 aromatic carbocycles. The van der Waals surface area contributed by atoms with Gasteiger partial charge < -0.3 is 10.2 Å². The van der Waals surface area contributed by atoms with Gasteiger partial charge in [-0.15, -0.1) is 0 Å². The zero-order valence-corrected chi connectivity index (χ0v) is 19.9. The van der Waals surface area contributed by atoms with E-state index in [0.717, 1.165) is 42.4 Å². The van der Waals surface area contributed by atoms with Crippen LogP contribution in [0.1, 0.15) is 77.7 Å². The predicted molar refractivity (Wildman–Crippen MR) is 121 cm³/mol. The molecule has 5 aliphatic rings. The third-order valence-corrected chi connectivity index (χ3v) is 10.9. The summed E-state index contributed by atoms with van der Waals surface area (Å²) in [4.78, 5) is 0. The lowest BCUT2D eigenvalue weighted by atomic mass is 9.47. The van der Waals surface area contributed by atoms with Crippen LogP contribution in [0.2, 0.25) is 0 Å². The zero-order chi connectivity index (χ0) is 22.5. The highest BCUT2D eigenvalue weighted by molar-refractivity contribution is 5.23. The highest BCUT2D eigenvalue weighted by Gasteiger charge is 2.72. The standard InChI is InChI=1S/C27H39N3O2/c1-25(31)8-6-18-17(11-25)4-5-20-19(18)7-9-26(2)23(20)21-10-22(21)24(26)27(3,32)15-30-14-16(12-28)13-29-30/h13-14,17-24,31-32H,4-11,15H2,1-3H3/t17-,18+,19-,20-,21-,22+,23-,24+,25-,26+,27?/m1/s1. The highest BCUT2D eigenvalue weighted by atomic mass is 16.3. The number of nitrogens with zero attached hydrogens (tertiary/aromatic N) is 3. The fourth-order valence-corrected chi connectivity index (χ4v) is 10.2. The molecule has 5 aliphatic carbocycles. The average molecular weight is 438 g/mol. The van der Waals surface area contributed by atoms with Gasteiger partial charge in [0.1, 0.15) is 6.07 Å². The van der Waals surface area contributed by atoms with Crippen molar-refractivity contribution >= 4 is 0 Å². The number of aliphatic hydroxyl groups is 2. The summed E-state index contributed by atoms with van der Waals surface area (Å²) in [6, 6.07) is 2.15. The third-order valence-electron chi connectivity index (χ3n) is 10.9. The fraction of sp³-hybridized carbons (Fsp3) is 0.852. The molecule has 1 unspecified atom stereocenters. The largest absolute Gasteiger partial charge is 0.390 e. The molecule has 174 valence electrons. The van der Waals surface area contributed by atoms with Crippen molar-refractivity contribution in [2.45, 2.75) is 89.9 Å². The summed E-state index contributed by atoms with van der Waals surface area (Å²) in [6.07, 6.45) is 13.0. The van der Waals surface area contributed by atoms with Crippen LogP contribution in [0.5, 0.6) is 0 Å². The maximum absolute atomic E-state index is 11.8. The van der Waals surface area contributed by atoms with Crippen LogP contribution >= 0.6 is 0 Å². The molecule has 0 spiro atoms. The van der Waals surface area contributed by atoms with Crippen molar-refractivity contribution in [2.75, 3.05) is 0 Å². The van der Waals surface area contributed by atoms with Crippen LogP contribution < -0.4 is 0 Å². The van der Waals surface area contributed by atoms with E-state index in [1.165, 1.54) is 38.5 Å². The van der Waals surface area contributed by atoms with E-state index in [1.54, 1.807) is 17.1 Å². The Bertz CT molecular complexity index is 945. The molecule has 0 radical (unpaired) electrons. The van der Waals surface area contributed by atoms with Crippen LogP contribution in [0.15, 0.2) is 12.4 Å². The quantitative estimate of drug-likeness (QED) is 0.735. The van der Waals surface area contributed by atoms with Crippen LogP contribution in [0.25, 0.3) is 0 Å². The molecule has 1 heterocycles. The molecule has 5 heteroatoms. The van der Waals surface area contributed by atoms with Gasteiger partial charge in [0.25, 0.3) is 0 Å². The summed E-state index contributed by atoms with van der Waals surface area (Å²) in [5, 5.41) is 36.0. The first-order chi connectivity index (χ1) is 15.1. The van der Waals surface area contributed by atoms with Gasteiger partial charge in [-0.2, -0.15) is 10.4 Å². The van der Waals surface area contributed by atoms with Gasteiger partial charge in [-0.1, -0.05) is 6.92 Å². The molecule has 2 N–H and O–H groups in total. The first-order valence-corrected chi connectivity index (χ1v) is 13.0. The van der Waals surface area contributed by atoms with E-state index in [2.05, 4.69) is 18.1 Å². The predicted octanol–water partition coefficient (Wildman–Crippen LogP) is 4.38. The van der Waals surface area contributed by atoms with Crippen molar-refractivity contribution in [3.05, 3.63) is 18.0 Å². The maximum Gasteiger partial charge on any atom is 0.102 e. The van der Waals surface area contributed by atoms with Crippen LogP contribution in [0, 0.1) is 64.1 Å². The smallest absolute Gasteiger partial charge is 0.102 e. The number of aromatic nitrogens is 2.